The molecule has 0 unspecified atom stereocenters. The fraction of sp³-hybridized carbons (Fsp3) is 0.0667. The standard InChI is InChI=1S/C15H13FO/c16-14-8-6-13(7-9-14)15(10-11-17)12-4-2-1-3-5-12/h1-10,17H,11H2/b15-10-. The normalized spacial score (nSPS) is 11.5. The first kappa shape index (κ1) is 11.6. The predicted molar refractivity (Wildman–Crippen MR) is 67.0 cm³/mol. The molecule has 0 amide bonds. The molecule has 2 heteroatoms. The Morgan fingerprint density at radius 2 is 1.53 bits per heavy atom. The molecule has 0 aromatic heterocycles. The zero-order valence-corrected chi connectivity index (χ0v) is 9.31. The molecular formula is C15H13FO. The molecule has 0 heterocycles. The molecule has 0 spiro atoms. The highest BCUT2D eigenvalue weighted by Crippen LogP contribution is 2.23. The van der Waals surface area contributed by atoms with Crippen LogP contribution in [-0.4, -0.2) is 11.7 Å². The number of hydrogen-bond acceptors (Lipinski definition) is 1. The quantitative estimate of drug-likeness (QED) is 0.855. The van der Waals surface area contributed by atoms with E-state index in [1.807, 2.05) is 30.3 Å². The smallest absolute Gasteiger partial charge is 0.123 e. The molecule has 0 radical (unpaired) electrons. The molecule has 0 fully saturated rings. The van der Waals surface area contributed by atoms with Gasteiger partial charge in [0.15, 0.2) is 0 Å². The fourth-order valence-electron chi connectivity index (χ4n) is 1.74. The van der Waals surface area contributed by atoms with Crippen molar-refractivity contribution in [3.05, 3.63) is 77.6 Å². The van der Waals surface area contributed by atoms with Crippen molar-refractivity contribution in [3.8, 4) is 0 Å². The van der Waals surface area contributed by atoms with Crippen molar-refractivity contribution >= 4 is 5.57 Å². The van der Waals surface area contributed by atoms with Crippen LogP contribution in [0.25, 0.3) is 5.57 Å². The van der Waals surface area contributed by atoms with Crippen LogP contribution in [0.4, 0.5) is 4.39 Å². The van der Waals surface area contributed by atoms with E-state index in [1.54, 1.807) is 18.2 Å². The van der Waals surface area contributed by atoms with Gasteiger partial charge < -0.3 is 5.11 Å². The first-order valence-corrected chi connectivity index (χ1v) is 5.43. The number of halogens is 1. The minimum atomic E-state index is -0.259. The fourth-order valence-corrected chi connectivity index (χ4v) is 1.74. The second-order valence-electron chi connectivity index (χ2n) is 3.67. The van der Waals surface area contributed by atoms with Crippen LogP contribution in [0.1, 0.15) is 11.1 Å². The Labute approximate surface area is 99.9 Å². The van der Waals surface area contributed by atoms with Gasteiger partial charge in [-0.3, -0.25) is 0 Å². The van der Waals surface area contributed by atoms with E-state index in [0.29, 0.717) is 0 Å². The predicted octanol–water partition coefficient (Wildman–Crippen LogP) is 3.25. The molecule has 0 atom stereocenters. The minimum Gasteiger partial charge on any atom is -0.392 e. The highest BCUT2D eigenvalue weighted by Gasteiger charge is 2.04. The van der Waals surface area contributed by atoms with Gasteiger partial charge >= 0.3 is 0 Å². The lowest BCUT2D eigenvalue weighted by Crippen LogP contribution is -1.90. The molecule has 0 bridgehead atoms. The van der Waals surface area contributed by atoms with Crippen molar-refractivity contribution < 1.29 is 9.50 Å². The van der Waals surface area contributed by atoms with Gasteiger partial charge in [0.25, 0.3) is 0 Å². The molecule has 1 N–H and O–H groups in total. The Balaban J connectivity index is 2.44. The maximum atomic E-state index is 12.9. The average molecular weight is 228 g/mol. The Morgan fingerprint density at radius 1 is 0.941 bits per heavy atom. The van der Waals surface area contributed by atoms with Crippen molar-refractivity contribution in [2.75, 3.05) is 6.61 Å². The summed E-state index contributed by atoms with van der Waals surface area (Å²) in [5, 5.41) is 9.06. The topological polar surface area (TPSA) is 20.2 Å². The van der Waals surface area contributed by atoms with Crippen molar-refractivity contribution in [1.82, 2.24) is 0 Å². The molecule has 0 aliphatic rings. The lowest BCUT2D eigenvalue weighted by atomic mass is 9.98. The van der Waals surface area contributed by atoms with Crippen LogP contribution in [0.5, 0.6) is 0 Å². The summed E-state index contributed by atoms with van der Waals surface area (Å²) in [5.74, 6) is -0.259. The Morgan fingerprint density at radius 3 is 2.12 bits per heavy atom. The van der Waals surface area contributed by atoms with Crippen LogP contribution < -0.4 is 0 Å². The third-order valence-electron chi connectivity index (χ3n) is 2.54. The number of benzene rings is 2. The van der Waals surface area contributed by atoms with Crippen LogP contribution in [0, 0.1) is 5.82 Å². The maximum Gasteiger partial charge on any atom is 0.123 e. The Hall–Kier alpha value is -1.93. The summed E-state index contributed by atoms with van der Waals surface area (Å²) in [4.78, 5) is 0. The minimum absolute atomic E-state index is 0.0401. The molecule has 2 rings (SSSR count). The van der Waals surface area contributed by atoms with Gasteiger partial charge in [0, 0.05) is 0 Å². The summed E-state index contributed by atoms with van der Waals surface area (Å²) < 4.78 is 12.9. The summed E-state index contributed by atoms with van der Waals surface area (Å²) in [6.07, 6.45) is 1.72. The summed E-state index contributed by atoms with van der Waals surface area (Å²) in [5.41, 5.74) is 2.81. The van der Waals surface area contributed by atoms with Gasteiger partial charge in [0.05, 0.1) is 6.61 Å². The third-order valence-corrected chi connectivity index (χ3v) is 2.54. The van der Waals surface area contributed by atoms with Gasteiger partial charge in [-0.05, 0) is 28.8 Å². The van der Waals surface area contributed by atoms with Crippen LogP contribution in [0.2, 0.25) is 0 Å². The lowest BCUT2D eigenvalue weighted by molar-refractivity contribution is 0.343. The van der Waals surface area contributed by atoms with E-state index in [2.05, 4.69) is 0 Å². The van der Waals surface area contributed by atoms with Crippen LogP contribution in [-0.2, 0) is 0 Å². The highest BCUT2D eigenvalue weighted by molar-refractivity contribution is 5.79. The second-order valence-corrected chi connectivity index (χ2v) is 3.67. The van der Waals surface area contributed by atoms with Gasteiger partial charge in [-0.15, -0.1) is 0 Å². The van der Waals surface area contributed by atoms with E-state index in [0.717, 1.165) is 16.7 Å². The van der Waals surface area contributed by atoms with Crippen molar-refractivity contribution in [2.45, 2.75) is 0 Å². The first-order chi connectivity index (χ1) is 8.31. The largest absolute Gasteiger partial charge is 0.392 e. The van der Waals surface area contributed by atoms with E-state index in [1.165, 1.54) is 12.1 Å². The zero-order chi connectivity index (χ0) is 12.1. The van der Waals surface area contributed by atoms with E-state index in [-0.39, 0.29) is 12.4 Å². The number of aliphatic hydroxyl groups is 1. The zero-order valence-electron chi connectivity index (χ0n) is 9.31. The van der Waals surface area contributed by atoms with Gasteiger partial charge in [-0.1, -0.05) is 48.5 Å². The maximum absolute atomic E-state index is 12.9. The summed E-state index contributed by atoms with van der Waals surface area (Å²) in [7, 11) is 0. The summed E-state index contributed by atoms with van der Waals surface area (Å²) in [6, 6.07) is 16.0. The van der Waals surface area contributed by atoms with E-state index in [9.17, 15) is 4.39 Å². The van der Waals surface area contributed by atoms with Crippen molar-refractivity contribution in [3.63, 3.8) is 0 Å². The molecule has 0 aliphatic carbocycles. The molecule has 0 saturated carbocycles. The summed E-state index contributed by atoms with van der Waals surface area (Å²) in [6.45, 7) is -0.0401. The molecule has 2 aromatic carbocycles. The van der Waals surface area contributed by atoms with E-state index < -0.39 is 0 Å². The van der Waals surface area contributed by atoms with Crippen molar-refractivity contribution in [2.24, 2.45) is 0 Å². The number of rotatable bonds is 3. The van der Waals surface area contributed by atoms with Crippen LogP contribution in [0.15, 0.2) is 60.7 Å². The van der Waals surface area contributed by atoms with Crippen LogP contribution in [0.3, 0.4) is 0 Å². The number of hydrogen-bond donors (Lipinski definition) is 1. The van der Waals surface area contributed by atoms with Crippen molar-refractivity contribution in [1.29, 1.82) is 0 Å². The molecule has 1 nitrogen and oxygen atoms in total. The Bertz CT molecular complexity index is 500. The SMILES string of the molecule is OC/C=C(/c1ccccc1)c1ccc(F)cc1. The average Bonchev–Trinajstić information content (AvgIpc) is 2.38. The molecule has 0 aliphatic heterocycles. The van der Waals surface area contributed by atoms with E-state index >= 15 is 0 Å². The lowest BCUT2D eigenvalue weighted by Gasteiger charge is -2.08. The molecule has 2 aromatic rings. The first-order valence-electron chi connectivity index (χ1n) is 5.43. The Kier molecular flexibility index (Phi) is 3.68. The molecule has 17 heavy (non-hydrogen) atoms. The van der Waals surface area contributed by atoms with Gasteiger partial charge in [-0.25, -0.2) is 4.39 Å². The summed E-state index contributed by atoms with van der Waals surface area (Å²) >= 11 is 0. The molecule has 86 valence electrons. The second kappa shape index (κ2) is 5.41. The van der Waals surface area contributed by atoms with E-state index in [4.69, 9.17) is 5.11 Å². The van der Waals surface area contributed by atoms with Crippen LogP contribution >= 0.6 is 0 Å². The van der Waals surface area contributed by atoms with Gasteiger partial charge in [0.1, 0.15) is 5.82 Å². The highest BCUT2D eigenvalue weighted by atomic mass is 19.1. The van der Waals surface area contributed by atoms with Gasteiger partial charge in [-0.2, -0.15) is 0 Å². The third kappa shape index (κ3) is 2.80. The number of aliphatic hydroxyl groups excluding tert-OH is 1. The molecule has 0 saturated heterocycles. The van der Waals surface area contributed by atoms with Gasteiger partial charge in [0.2, 0.25) is 0 Å². The molecular weight excluding hydrogens is 215 g/mol. The monoisotopic (exact) mass is 228 g/mol.